The number of fused-ring (bicyclic) bond motifs is 1. The van der Waals surface area contributed by atoms with Crippen LogP contribution >= 0.6 is 11.3 Å². The second kappa shape index (κ2) is 5.34. The third-order valence-electron chi connectivity index (χ3n) is 4.62. The van der Waals surface area contributed by atoms with Crippen LogP contribution in [0.5, 0.6) is 0 Å². The Kier molecular flexibility index (Phi) is 3.70. The summed E-state index contributed by atoms with van der Waals surface area (Å²) in [6.45, 7) is 7.96. The van der Waals surface area contributed by atoms with E-state index in [9.17, 15) is 0 Å². The molecule has 1 unspecified atom stereocenters. The molecule has 0 saturated heterocycles. The lowest BCUT2D eigenvalue weighted by molar-refractivity contribution is 0.208. The van der Waals surface area contributed by atoms with E-state index in [4.69, 9.17) is 0 Å². The SMILES string of the molecule is Cc1ccsc1CNC1c2ccccc2CCC1(C)C. The van der Waals surface area contributed by atoms with Gasteiger partial charge in [0.25, 0.3) is 0 Å². The molecule has 2 aromatic rings. The van der Waals surface area contributed by atoms with Crippen molar-refractivity contribution in [2.24, 2.45) is 5.41 Å². The van der Waals surface area contributed by atoms with E-state index in [0.29, 0.717) is 11.5 Å². The first-order chi connectivity index (χ1) is 9.58. The second-order valence-electron chi connectivity index (χ2n) is 6.53. The molecule has 0 aliphatic heterocycles. The van der Waals surface area contributed by atoms with Crippen molar-refractivity contribution >= 4 is 11.3 Å². The molecular weight excluding hydrogens is 262 g/mol. The number of aryl methyl sites for hydroxylation is 2. The van der Waals surface area contributed by atoms with Gasteiger partial charge in [0.05, 0.1) is 0 Å². The Balaban J connectivity index is 1.85. The maximum absolute atomic E-state index is 3.82. The van der Waals surface area contributed by atoms with Gasteiger partial charge in [0.2, 0.25) is 0 Å². The van der Waals surface area contributed by atoms with E-state index >= 15 is 0 Å². The minimum absolute atomic E-state index is 0.319. The Morgan fingerprint density at radius 2 is 2.05 bits per heavy atom. The summed E-state index contributed by atoms with van der Waals surface area (Å²) in [5.74, 6) is 0. The van der Waals surface area contributed by atoms with Crippen molar-refractivity contribution in [1.82, 2.24) is 5.32 Å². The van der Waals surface area contributed by atoms with Gasteiger partial charge >= 0.3 is 0 Å². The van der Waals surface area contributed by atoms with Crippen molar-refractivity contribution in [1.29, 1.82) is 0 Å². The van der Waals surface area contributed by atoms with Crippen LogP contribution in [-0.4, -0.2) is 0 Å². The Labute approximate surface area is 126 Å². The minimum atomic E-state index is 0.319. The van der Waals surface area contributed by atoms with E-state index in [0.717, 1.165) is 6.54 Å². The van der Waals surface area contributed by atoms with E-state index in [2.05, 4.69) is 61.8 Å². The molecule has 3 rings (SSSR count). The van der Waals surface area contributed by atoms with Gasteiger partial charge in [-0.3, -0.25) is 0 Å². The van der Waals surface area contributed by atoms with E-state index in [1.165, 1.54) is 34.4 Å². The van der Waals surface area contributed by atoms with Gasteiger partial charge in [-0.25, -0.2) is 0 Å². The smallest absolute Gasteiger partial charge is 0.0377 e. The average molecular weight is 285 g/mol. The third-order valence-corrected chi connectivity index (χ3v) is 5.64. The molecule has 1 heterocycles. The summed E-state index contributed by atoms with van der Waals surface area (Å²) in [6, 6.07) is 11.6. The molecule has 0 amide bonds. The van der Waals surface area contributed by atoms with Gasteiger partial charge in [0.15, 0.2) is 0 Å². The lowest BCUT2D eigenvalue weighted by atomic mass is 9.70. The van der Waals surface area contributed by atoms with E-state index in [-0.39, 0.29) is 0 Å². The van der Waals surface area contributed by atoms with Crippen LogP contribution in [0.25, 0.3) is 0 Å². The van der Waals surface area contributed by atoms with Gasteiger partial charge in [-0.1, -0.05) is 38.1 Å². The number of benzene rings is 1. The van der Waals surface area contributed by atoms with Crippen LogP contribution in [0.1, 0.15) is 47.9 Å². The number of thiophene rings is 1. The molecule has 0 spiro atoms. The minimum Gasteiger partial charge on any atom is -0.305 e. The Morgan fingerprint density at radius 1 is 1.25 bits per heavy atom. The first kappa shape index (κ1) is 13.8. The highest BCUT2D eigenvalue weighted by atomic mass is 32.1. The fourth-order valence-electron chi connectivity index (χ4n) is 3.23. The molecule has 0 bridgehead atoms. The fourth-order valence-corrected chi connectivity index (χ4v) is 4.09. The maximum atomic E-state index is 3.82. The van der Waals surface area contributed by atoms with E-state index in [1.807, 2.05) is 11.3 Å². The first-order valence-corrected chi connectivity index (χ1v) is 8.30. The topological polar surface area (TPSA) is 12.0 Å². The van der Waals surface area contributed by atoms with Gasteiger partial charge in [0, 0.05) is 17.5 Å². The largest absolute Gasteiger partial charge is 0.305 e. The Bertz CT molecular complexity index is 597. The zero-order valence-corrected chi connectivity index (χ0v) is 13.4. The van der Waals surface area contributed by atoms with Crippen molar-refractivity contribution in [3.63, 3.8) is 0 Å². The molecular formula is C18H23NS. The molecule has 1 aromatic heterocycles. The molecule has 1 N–H and O–H groups in total. The van der Waals surface area contributed by atoms with Crippen LogP contribution in [0.2, 0.25) is 0 Å². The molecule has 1 aliphatic rings. The van der Waals surface area contributed by atoms with Crippen molar-refractivity contribution in [3.05, 3.63) is 57.3 Å². The summed E-state index contributed by atoms with van der Waals surface area (Å²) < 4.78 is 0. The molecule has 20 heavy (non-hydrogen) atoms. The van der Waals surface area contributed by atoms with Crippen molar-refractivity contribution in [2.45, 2.75) is 46.2 Å². The number of hydrogen-bond acceptors (Lipinski definition) is 2. The van der Waals surface area contributed by atoms with Crippen molar-refractivity contribution in [2.75, 3.05) is 0 Å². The molecule has 2 heteroatoms. The molecule has 0 fully saturated rings. The molecule has 0 saturated carbocycles. The van der Waals surface area contributed by atoms with Gasteiger partial charge in [-0.2, -0.15) is 0 Å². The van der Waals surface area contributed by atoms with Crippen LogP contribution in [0.15, 0.2) is 35.7 Å². The summed E-state index contributed by atoms with van der Waals surface area (Å²) in [5, 5.41) is 6.01. The number of nitrogens with one attached hydrogen (secondary N) is 1. The zero-order valence-electron chi connectivity index (χ0n) is 12.6. The van der Waals surface area contributed by atoms with E-state index < -0.39 is 0 Å². The average Bonchev–Trinajstić information content (AvgIpc) is 2.83. The maximum Gasteiger partial charge on any atom is 0.0377 e. The molecule has 1 atom stereocenters. The molecule has 1 nitrogen and oxygen atoms in total. The third kappa shape index (κ3) is 2.55. The second-order valence-corrected chi connectivity index (χ2v) is 7.53. The van der Waals surface area contributed by atoms with Crippen molar-refractivity contribution in [3.8, 4) is 0 Å². The summed E-state index contributed by atoms with van der Waals surface area (Å²) in [5.41, 5.74) is 4.74. The highest BCUT2D eigenvalue weighted by Crippen LogP contribution is 2.43. The zero-order chi connectivity index (χ0) is 14.2. The lowest BCUT2D eigenvalue weighted by Crippen LogP contribution is -2.37. The van der Waals surface area contributed by atoms with Crippen molar-refractivity contribution < 1.29 is 0 Å². The Morgan fingerprint density at radius 3 is 2.80 bits per heavy atom. The van der Waals surface area contributed by atoms with Gasteiger partial charge in [-0.05, 0) is 53.3 Å². The number of hydrogen-bond donors (Lipinski definition) is 1. The standard InChI is InChI=1S/C18H23NS/c1-13-9-11-20-16(13)12-19-17-15-7-5-4-6-14(15)8-10-18(17,2)3/h4-7,9,11,17,19H,8,10,12H2,1-3H3. The normalized spacial score (nSPS) is 20.6. The summed E-state index contributed by atoms with van der Waals surface area (Å²) in [6.07, 6.45) is 2.46. The van der Waals surface area contributed by atoms with Crippen LogP contribution in [0, 0.1) is 12.3 Å². The molecule has 106 valence electrons. The van der Waals surface area contributed by atoms with Crippen LogP contribution in [-0.2, 0) is 13.0 Å². The quantitative estimate of drug-likeness (QED) is 0.849. The van der Waals surface area contributed by atoms with Gasteiger partial charge < -0.3 is 5.32 Å². The highest BCUT2D eigenvalue weighted by molar-refractivity contribution is 7.10. The lowest BCUT2D eigenvalue weighted by Gasteiger charge is -2.40. The predicted octanol–water partition coefficient (Wildman–Crippen LogP) is 4.86. The molecule has 1 aromatic carbocycles. The van der Waals surface area contributed by atoms with Gasteiger partial charge in [-0.15, -0.1) is 11.3 Å². The fraction of sp³-hybridized carbons (Fsp3) is 0.444. The molecule has 0 radical (unpaired) electrons. The predicted molar refractivity (Wildman–Crippen MR) is 87.2 cm³/mol. The summed E-state index contributed by atoms with van der Waals surface area (Å²) >= 11 is 1.86. The van der Waals surface area contributed by atoms with Crippen LogP contribution in [0.3, 0.4) is 0 Å². The monoisotopic (exact) mass is 285 g/mol. The first-order valence-electron chi connectivity index (χ1n) is 7.42. The number of rotatable bonds is 3. The van der Waals surface area contributed by atoms with E-state index in [1.54, 1.807) is 0 Å². The van der Waals surface area contributed by atoms with Crippen LogP contribution < -0.4 is 5.32 Å². The van der Waals surface area contributed by atoms with Crippen LogP contribution in [0.4, 0.5) is 0 Å². The highest BCUT2D eigenvalue weighted by Gasteiger charge is 2.35. The summed E-state index contributed by atoms with van der Waals surface area (Å²) in [4.78, 5) is 1.46. The molecule has 1 aliphatic carbocycles. The van der Waals surface area contributed by atoms with Gasteiger partial charge in [0.1, 0.15) is 0 Å². The Hall–Kier alpha value is -1.12. The summed E-state index contributed by atoms with van der Waals surface area (Å²) in [7, 11) is 0.